The molecule has 0 radical (unpaired) electrons. The molecule has 0 saturated carbocycles. The van der Waals surface area contributed by atoms with Gasteiger partial charge >= 0.3 is 0 Å². The molecule has 5 nitrogen and oxygen atoms in total. The van der Waals surface area contributed by atoms with Crippen molar-refractivity contribution in [2.75, 3.05) is 19.8 Å². The van der Waals surface area contributed by atoms with Crippen molar-refractivity contribution in [1.29, 1.82) is 0 Å². The van der Waals surface area contributed by atoms with Crippen LogP contribution in [0.3, 0.4) is 0 Å². The van der Waals surface area contributed by atoms with Gasteiger partial charge in [-0.25, -0.2) is 0 Å². The molecule has 0 bridgehead atoms. The van der Waals surface area contributed by atoms with Gasteiger partial charge in [0.25, 0.3) is 5.91 Å². The third-order valence-corrected chi connectivity index (χ3v) is 3.50. The molecule has 0 aliphatic heterocycles. The molecule has 0 atom stereocenters. The summed E-state index contributed by atoms with van der Waals surface area (Å²) in [5.41, 5.74) is 0.464. The number of carbonyl (C=O) groups is 2. The number of ether oxygens (including phenoxy) is 2. The Hall–Kier alpha value is -2.40. The maximum atomic E-state index is 11.8. The number of benzene rings is 2. The van der Waals surface area contributed by atoms with Crippen LogP contribution in [0.1, 0.15) is 30.6 Å². The van der Waals surface area contributed by atoms with Crippen LogP contribution in [0.2, 0.25) is 0 Å². The van der Waals surface area contributed by atoms with Gasteiger partial charge in [0.15, 0.2) is 12.9 Å². The molecular formula is C19H23NO4. The first-order valence-electron chi connectivity index (χ1n) is 8.10. The Balaban J connectivity index is 1.86. The molecule has 0 heterocycles. The molecule has 0 spiro atoms. The first kappa shape index (κ1) is 17.9. The molecule has 2 aromatic rings. The van der Waals surface area contributed by atoms with E-state index in [4.69, 9.17) is 9.47 Å². The minimum absolute atomic E-state index is 0.121. The number of amides is 1. The van der Waals surface area contributed by atoms with Crippen LogP contribution >= 0.6 is 0 Å². The van der Waals surface area contributed by atoms with Crippen molar-refractivity contribution in [3.63, 3.8) is 0 Å². The molecule has 0 unspecified atom stereocenters. The van der Waals surface area contributed by atoms with Crippen LogP contribution < -0.4 is 10.1 Å². The summed E-state index contributed by atoms with van der Waals surface area (Å²) in [4.78, 5) is 23.2. The van der Waals surface area contributed by atoms with Gasteiger partial charge in [-0.05, 0) is 37.1 Å². The van der Waals surface area contributed by atoms with Gasteiger partial charge < -0.3 is 14.8 Å². The van der Waals surface area contributed by atoms with E-state index < -0.39 is 0 Å². The lowest BCUT2D eigenvalue weighted by atomic mass is 10.0. The van der Waals surface area contributed by atoms with Gasteiger partial charge in [-0.2, -0.15) is 0 Å². The Labute approximate surface area is 141 Å². The first-order chi connectivity index (χ1) is 11.6. The standard InChI is InChI=1S/C19H23NO4/c1-14(2)23-11-5-10-20-19(22)13-24-18-9-8-15-6-3-4-7-16(15)17(18)12-21/h3-4,6-9,12,14H,5,10-11,13H2,1-2H3,(H,20,22). The van der Waals surface area contributed by atoms with Crippen molar-refractivity contribution in [3.05, 3.63) is 42.0 Å². The van der Waals surface area contributed by atoms with Crippen molar-refractivity contribution in [3.8, 4) is 5.75 Å². The van der Waals surface area contributed by atoms with Gasteiger partial charge in [-0.1, -0.05) is 30.3 Å². The van der Waals surface area contributed by atoms with Crippen LogP contribution in [0.4, 0.5) is 0 Å². The van der Waals surface area contributed by atoms with Gasteiger partial charge in [0, 0.05) is 13.2 Å². The molecule has 1 amide bonds. The number of carbonyl (C=O) groups excluding carboxylic acids is 2. The number of rotatable bonds is 9. The Morgan fingerprint density at radius 2 is 2.00 bits per heavy atom. The molecule has 0 aliphatic carbocycles. The smallest absolute Gasteiger partial charge is 0.257 e. The normalized spacial score (nSPS) is 10.8. The average Bonchev–Trinajstić information content (AvgIpc) is 2.58. The largest absolute Gasteiger partial charge is 0.483 e. The molecule has 2 aromatic carbocycles. The van der Waals surface area contributed by atoms with Crippen molar-refractivity contribution in [1.82, 2.24) is 5.32 Å². The highest BCUT2D eigenvalue weighted by molar-refractivity contribution is 6.00. The Morgan fingerprint density at radius 1 is 1.21 bits per heavy atom. The monoisotopic (exact) mass is 329 g/mol. The fourth-order valence-corrected chi connectivity index (χ4v) is 2.34. The van der Waals surface area contributed by atoms with E-state index in [0.717, 1.165) is 23.5 Å². The Kier molecular flexibility index (Phi) is 6.75. The lowest BCUT2D eigenvalue weighted by Crippen LogP contribution is -2.30. The highest BCUT2D eigenvalue weighted by Gasteiger charge is 2.10. The molecule has 0 saturated heterocycles. The predicted molar refractivity (Wildman–Crippen MR) is 93.5 cm³/mol. The third kappa shape index (κ3) is 5.06. The number of hydrogen-bond donors (Lipinski definition) is 1. The fourth-order valence-electron chi connectivity index (χ4n) is 2.34. The van der Waals surface area contributed by atoms with Crippen LogP contribution in [0, 0.1) is 0 Å². The summed E-state index contributed by atoms with van der Waals surface area (Å²) in [6.07, 6.45) is 1.71. The third-order valence-electron chi connectivity index (χ3n) is 3.50. The molecule has 128 valence electrons. The van der Waals surface area contributed by atoms with E-state index in [1.165, 1.54) is 0 Å². The zero-order chi connectivity index (χ0) is 17.4. The van der Waals surface area contributed by atoms with E-state index in [9.17, 15) is 9.59 Å². The highest BCUT2D eigenvalue weighted by Crippen LogP contribution is 2.26. The number of aldehydes is 1. The van der Waals surface area contributed by atoms with E-state index in [1.807, 2.05) is 44.2 Å². The quantitative estimate of drug-likeness (QED) is 0.567. The Morgan fingerprint density at radius 3 is 2.75 bits per heavy atom. The van der Waals surface area contributed by atoms with Gasteiger partial charge in [0.2, 0.25) is 0 Å². The van der Waals surface area contributed by atoms with Crippen LogP contribution in [0.5, 0.6) is 5.75 Å². The summed E-state index contributed by atoms with van der Waals surface area (Å²) in [7, 11) is 0. The van der Waals surface area contributed by atoms with Crippen LogP contribution in [-0.2, 0) is 9.53 Å². The van der Waals surface area contributed by atoms with Gasteiger partial charge in [0.1, 0.15) is 5.75 Å². The van der Waals surface area contributed by atoms with E-state index in [2.05, 4.69) is 5.32 Å². The topological polar surface area (TPSA) is 64.6 Å². The average molecular weight is 329 g/mol. The number of nitrogens with one attached hydrogen (secondary N) is 1. The van der Waals surface area contributed by atoms with Crippen molar-refractivity contribution < 1.29 is 19.1 Å². The second kappa shape index (κ2) is 9.03. The fraction of sp³-hybridized carbons (Fsp3) is 0.368. The van der Waals surface area contributed by atoms with E-state index >= 15 is 0 Å². The van der Waals surface area contributed by atoms with Crippen molar-refractivity contribution in [2.24, 2.45) is 0 Å². The van der Waals surface area contributed by atoms with E-state index in [-0.39, 0.29) is 18.6 Å². The number of hydrogen-bond acceptors (Lipinski definition) is 4. The van der Waals surface area contributed by atoms with Crippen molar-refractivity contribution >= 4 is 23.0 Å². The highest BCUT2D eigenvalue weighted by atomic mass is 16.5. The molecule has 0 aliphatic rings. The van der Waals surface area contributed by atoms with Crippen LogP contribution in [0.15, 0.2) is 36.4 Å². The lowest BCUT2D eigenvalue weighted by Gasteiger charge is -2.11. The van der Waals surface area contributed by atoms with Crippen LogP contribution in [-0.4, -0.2) is 38.1 Å². The molecule has 24 heavy (non-hydrogen) atoms. The maximum absolute atomic E-state index is 11.8. The second-order valence-electron chi connectivity index (χ2n) is 5.73. The van der Waals surface area contributed by atoms with Gasteiger partial charge in [0.05, 0.1) is 11.7 Å². The molecule has 0 fully saturated rings. The van der Waals surface area contributed by atoms with Crippen LogP contribution in [0.25, 0.3) is 10.8 Å². The molecule has 5 heteroatoms. The lowest BCUT2D eigenvalue weighted by molar-refractivity contribution is -0.123. The molecule has 2 rings (SSSR count). The second-order valence-corrected chi connectivity index (χ2v) is 5.73. The molecular weight excluding hydrogens is 306 g/mol. The van der Waals surface area contributed by atoms with Crippen molar-refractivity contribution in [2.45, 2.75) is 26.4 Å². The summed E-state index contributed by atoms with van der Waals surface area (Å²) in [5, 5.41) is 4.54. The van der Waals surface area contributed by atoms with E-state index in [1.54, 1.807) is 6.07 Å². The summed E-state index contributed by atoms with van der Waals surface area (Å²) in [6.45, 7) is 4.97. The number of fused-ring (bicyclic) bond motifs is 1. The molecule has 0 aromatic heterocycles. The Bertz CT molecular complexity index is 697. The SMILES string of the molecule is CC(C)OCCCNC(=O)COc1ccc2ccccc2c1C=O. The van der Waals surface area contributed by atoms with E-state index in [0.29, 0.717) is 24.5 Å². The molecule has 1 N–H and O–H groups in total. The summed E-state index contributed by atoms with van der Waals surface area (Å²) < 4.78 is 10.9. The summed E-state index contributed by atoms with van der Waals surface area (Å²) in [5.74, 6) is 0.201. The maximum Gasteiger partial charge on any atom is 0.257 e. The first-order valence-corrected chi connectivity index (χ1v) is 8.10. The predicted octanol–water partition coefficient (Wildman–Crippen LogP) is 2.96. The zero-order valence-corrected chi connectivity index (χ0v) is 14.1. The minimum Gasteiger partial charge on any atom is -0.483 e. The van der Waals surface area contributed by atoms with Gasteiger partial charge in [-0.15, -0.1) is 0 Å². The minimum atomic E-state index is -0.218. The summed E-state index contributed by atoms with van der Waals surface area (Å²) >= 11 is 0. The summed E-state index contributed by atoms with van der Waals surface area (Å²) in [6, 6.07) is 11.2. The zero-order valence-electron chi connectivity index (χ0n) is 14.1. The van der Waals surface area contributed by atoms with Gasteiger partial charge in [-0.3, -0.25) is 9.59 Å².